The molecule has 3 N–H and O–H groups in total. The molecule has 0 aromatic heterocycles. The fourth-order valence-corrected chi connectivity index (χ4v) is 3.21. The zero-order valence-electron chi connectivity index (χ0n) is 16.0. The van der Waals surface area contributed by atoms with Gasteiger partial charge in [-0.25, -0.2) is 0 Å². The van der Waals surface area contributed by atoms with E-state index >= 15 is 0 Å². The Morgan fingerprint density at radius 1 is 1.04 bits per heavy atom. The molecular weight excluding hydrogens is 328 g/mol. The molecule has 1 saturated carbocycles. The Labute approximate surface area is 156 Å². The lowest BCUT2D eigenvalue weighted by Gasteiger charge is -2.21. The second kappa shape index (κ2) is 11.4. The van der Waals surface area contributed by atoms with Crippen LogP contribution in [0.4, 0.5) is 0 Å². The molecule has 6 heteroatoms. The third-order valence-electron chi connectivity index (χ3n) is 4.78. The number of carbonyl (C=O) groups excluding carboxylic acids is 1. The van der Waals surface area contributed by atoms with Crippen molar-refractivity contribution in [1.82, 2.24) is 16.0 Å². The number of hydrogen-bond donors (Lipinski definition) is 3. The van der Waals surface area contributed by atoms with Crippen LogP contribution in [0.2, 0.25) is 0 Å². The van der Waals surface area contributed by atoms with Crippen molar-refractivity contribution in [3.63, 3.8) is 0 Å². The van der Waals surface area contributed by atoms with E-state index in [0.717, 1.165) is 37.5 Å². The molecule has 1 aliphatic carbocycles. The quantitative estimate of drug-likeness (QED) is 0.377. The van der Waals surface area contributed by atoms with E-state index in [2.05, 4.69) is 33.1 Å². The first-order valence-corrected chi connectivity index (χ1v) is 9.58. The van der Waals surface area contributed by atoms with Crippen LogP contribution in [0.3, 0.4) is 0 Å². The SMILES string of the molecule is CN=C(NCCNC(=O)C1CCCCC1)NCCc1ccc(OC)cc1. The van der Waals surface area contributed by atoms with E-state index in [9.17, 15) is 4.79 Å². The number of nitrogens with one attached hydrogen (secondary N) is 3. The molecule has 2 rings (SSSR count). The zero-order chi connectivity index (χ0) is 18.6. The summed E-state index contributed by atoms with van der Waals surface area (Å²) in [5.41, 5.74) is 1.24. The highest BCUT2D eigenvalue weighted by Gasteiger charge is 2.20. The lowest BCUT2D eigenvalue weighted by molar-refractivity contribution is -0.125. The van der Waals surface area contributed by atoms with Crippen molar-refractivity contribution in [2.45, 2.75) is 38.5 Å². The van der Waals surface area contributed by atoms with Crippen LogP contribution in [0.25, 0.3) is 0 Å². The van der Waals surface area contributed by atoms with Gasteiger partial charge >= 0.3 is 0 Å². The molecule has 6 nitrogen and oxygen atoms in total. The summed E-state index contributed by atoms with van der Waals surface area (Å²) in [6.07, 6.45) is 6.61. The number of nitrogens with zero attached hydrogens (tertiary/aromatic N) is 1. The van der Waals surface area contributed by atoms with Crippen molar-refractivity contribution in [2.24, 2.45) is 10.9 Å². The molecule has 0 bridgehead atoms. The van der Waals surface area contributed by atoms with Gasteiger partial charge in [0.15, 0.2) is 5.96 Å². The smallest absolute Gasteiger partial charge is 0.223 e. The summed E-state index contributed by atoms with van der Waals surface area (Å²) in [6, 6.07) is 8.07. The Balaban J connectivity index is 1.59. The van der Waals surface area contributed by atoms with Crippen molar-refractivity contribution >= 4 is 11.9 Å². The van der Waals surface area contributed by atoms with Crippen LogP contribution in [0.1, 0.15) is 37.7 Å². The maximum Gasteiger partial charge on any atom is 0.223 e. The third-order valence-corrected chi connectivity index (χ3v) is 4.78. The summed E-state index contributed by atoms with van der Waals surface area (Å²) < 4.78 is 5.16. The second-order valence-corrected chi connectivity index (χ2v) is 6.65. The minimum atomic E-state index is 0.203. The number of rotatable bonds is 8. The maximum absolute atomic E-state index is 12.1. The highest BCUT2D eigenvalue weighted by molar-refractivity contribution is 5.80. The van der Waals surface area contributed by atoms with E-state index in [1.807, 2.05) is 12.1 Å². The molecule has 1 fully saturated rings. The van der Waals surface area contributed by atoms with Gasteiger partial charge in [0.2, 0.25) is 5.91 Å². The molecule has 1 aromatic carbocycles. The molecule has 1 amide bonds. The molecule has 0 unspecified atom stereocenters. The molecule has 0 spiro atoms. The highest BCUT2D eigenvalue weighted by atomic mass is 16.5. The van der Waals surface area contributed by atoms with Gasteiger partial charge in [-0.15, -0.1) is 0 Å². The predicted octanol–water partition coefficient (Wildman–Crippen LogP) is 2.10. The fourth-order valence-electron chi connectivity index (χ4n) is 3.21. The topological polar surface area (TPSA) is 74.8 Å². The normalized spacial score (nSPS) is 15.4. The number of methoxy groups -OCH3 is 1. The summed E-state index contributed by atoms with van der Waals surface area (Å²) in [4.78, 5) is 16.3. The van der Waals surface area contributed by atoms with Crippen LogP contribution in [0, 0.1) is 5.92 Å². The van der Waals surface area contributed by atoms with Gasteiger partial charge in [0.25, 0.3) is 0 Å². The average molecular weight is 361 g/mol. The van der Waals surface area contributed by atoms with Crippen LogP contribution in [0.15, 0.2) is 29.3 Å². The Morgan fingerprint density at radius 2 is 1.69 bits per heavy atom. The molecule has 0 saturated heterocycles. The van der Waals surface area contributed by atoms with Gasteiger partial charge in [0, 0.05) is 32.6 Å². The number of hydrogen-bond acceptors (Lipinski definition) is 3. The molecular formula is C20H32N4O2. The van der Waals surface area contributed by atoms with Crippen molar-refractivity contribution in [3.8, 4) is 5.75 Å². The first-order valence-electron chi connectivity index (χ1n) is 9.58. The van der Waals surface area contributed by atoms with Crippen LogP contribution >= 0.6 is 0 Å². The first-order chi connectivity index (χ1) is 12.7. The maximum atomic E-state index is 12.1. The summed E-state index contributed by atoms with van der Waals surface area (Å²) in [5.74, 6) is 2.04. The summed E-state index contributed by atoms with van der Waals surface area (Å²) in [6.45, 7) is 2.08. The Morgan fingerprint density at radius 3 is 2.35 bits per heavy atom. The van der Waals surface area contributed by atoms with Gasteiger partial charge in [0.05, 0.1) is 7.11 Å². The summed E-state index contributed by atoms with van der Waals surface area (Å²) in [7, 11) is 3.42. The number of amides is 1. The van der Waals surface area contributed by atoms with Gasteiger partial charge < -0.3 is 20.7 Å². The van der Waals surface area contributed by atoms with Crippen LogP contribution in [-0.4, -0.2) is 45.7 Å². The van der Waals surface area contributed by atoms with Crippen molar-refractivity contribution in [1.29, 1.82) is 0 Å². The second-order valence-electron chi connectivity index (χ2n) is 6.65. The van der Waals surface area contributed by atoms with E-state index in [4.69, 9.17) is 4.74 Å². The number of guanidine groups is 1. The minimum absolute atomic E-state index is 0.203. The van der Waals surface area contributed by atoms with E-state index in [-0.39, 0.29) is 11.8 Å². The lowest BCUT2D eigenvalue weighted by atomic mass is 9.89. The first kappa shape index (κ1) is 20.1. The van der Waals surface area contributed by atoms with Crippen LogP contribution in [-0.2, 0) is 11.2 Å². The number of aliphatic imine (C=N–C) groups is 1. The zero-order valence-corrected chi connectivity index (χ0v) is 16.0. The molecule has 1 aromatic rings. The molecule has 26 heavy (non-hydrogen) atoms. The van der Waals surface area contributed by atoms with E-state index in [1.54, 1.807) is 14.2 Å². The standard InChI is InChI=1S/C20H32N4O2/c1-21-20(23-13-12-16-8-10-18(26-2)11-9-16)24-15-14-22-19(25)17-6-4-3-5-7-17/h8-11,17H,3-7,12-15H2,1-2H3,(H,22,25)(H2,21,23,24). The van der Waals surface area contributed by atoms with Crippen molar-refractivity contribution in [3.05, 3.63) is 29.8 Å². The van der Waals surface area contributed by atoms with Gasteiger partial charge in [0.1, 0.15) is 5.75 Å². The van der Waals surface area contributed by atoms with Crippen molar-refractivity contribution < 1.29 is 9.53 Å². The van der Waals surface area contributed by atoms with Gasteiger partial charge in [-0.05, 0) is 37.0 Å². The van der Waals surface area contributed by atoms with E-state index in [1.165, 1.54) is 24.8 Å². The molecule has 0 heterocycles. The Bertz CT molecular complexity index is 566. The summed E-state index contributed by atoms with van der Waals surface area (Å²) >= 11 is 0. The third kappa shape index (κ3) is 6.94. The Kier molecular flexibility index (Phi) is 8.79. The summed E-state index contributed by atoms with van der Waals surface area (Å²) in [5, 5.41) is 9.56. The minimum Gasteiger partial charge on any atom is -0.497 e. The van der Waals surface area contributed by atoms with E-state index in [0.29, 0.717) is 13.1 Å². The fraction of sp³-hybridized carbons (Fsp3) is 0.600. The Hall–Kier alpha value is -2.24. The van der Waals surface area contributed by atoms with Crippen molar-refractivity contribution in [2.75, 3.05) is 33.8 Å². The largest absolute Gasteiger partial charge is 0.497 e. The highest BCUT2D eigenvalue weighted by Crippen LogP contribution is 2.23. The number of carbonyl (C=O) groups is 1. The van der Waals surface area contributed by atoms with Crippen LogP contribution in [0.5, 0.6) is 5.75 Å². The monoisotopic (exact) mass is 360 g/mol. The molecule has 144 valence electrons. The molecule has 0 atom stereocenters. The number of ether oxygens (including phenoxy) is 1. The lowest BCUT2D eigenvalue weighted by Crippen LogP contribution is -2.43. The van der Waals surface area contributed by atoms with Gasteiger partial charge in [-0.1, -0.05) is 31.4 Å². The van der Waals surface area contributed by atoms with Gasteiger partial charge in [-0.2, -0.15) is 0 Å². The number of benzene rings is 1. The predicted molar refractivity (Wildman–Crippen MR) is 106 cm³/mol. The molecule has 1 aliphatic rings. The van der Waals surface area contributed by atoms with Gasteiger partial charge in [-0.3, -0.25) is 9.79 Å². The molecule has 0 aliphatic heterocycles. The van der Waals surface area contributed by atoms with Crippen LogP contribution < -0.4 is 20.7 Å². The van der Waals surface area contributed by atoms with E-state index < -0.39 is 0 Å². The molecule has 0 radical (unpaired) electrons. The average Bonchev–Trinajstić information content (AvgIpc) is 2.70.